The lowest BCUT2D eigenvalue weighted by Crippen LogP contribution is -2.44. The summed E-state index contributed by atoms with van der Waals surface area (Å²) in [7, 11) is 1.80. The van der Waals surface area contributed by atoms with Gasteiger partial charge >= 0.3 is 6.18 Å². The average molecular weight is 288 g/mol. The van der Waals surface area contributed by atoms with Crippen LogP contribution in [-0.4, -0.2) is 28.0 Å². The van der Waals surface area contributed by atoms with Gasteiger partial charge in [-0.15, -0.1) is 0 Å². The first-order valence-corrected chi connectivity index (χ1v) is 6.94. The molecule has 0 bridgehead atoms. The van der Waals surface area contributed by atoms with Crippen molar-refractivity contribution in [3.63, 3.8) is 0 Å². The Morgan fingerprint density at radius 1 is 1.45 bits per heavy atom. The molecule has 1 unspecified atom stereocenters. The number of fused-ring (bicyclic) bond motifs is 1. The van der Waals surface area contributed by atoms with E-state index in [1.54, 1.807) is 11.7 Å². The molecule has 1 atom stereocenters. The molecule has 1 aromatic rings. The number of halogens is 3. The molecule has 2 aliphatic rings. The maximum atomic E-state index is 12.9. The molecular weight excluding hydrogens is 269 g/mol. The first-order valence-electron chi connectivity index (χ1n) is 6.94. The summed E-state index contributed by atoms with van der Waals surface area (Å²) in [5, 5.41) is 10.5. The second-order valence-electron chi connectivity index (χ2n) is 5.79. The topological polar surface area (TPSA) is 41.9 Å². The summed E-state index contributed by atoms with van der Waals surface area (Å²) < 4.78 is 40.5. The molecule has 0 radical (unpaired) electrons. The first-order chi connectivity index (χ1) is 9.34. The van der Waals surface area contributed by atoms with Gasteiger partial charge in [-0.2, -0.15) is 18.3 Å². The Labute approximate surface area is 115 Å². The normalized spacial score (nSPS) is 24.6. The van der Waals surface area contributed by atoms with Gasteiger partial charge in [0.15, 0.2) is 0 Å². The zero-order chi connectivity index (χ0) is 14.5. The van der Waals surface area contributed by atoms with Crippen LogP contribution in [-0.2, 0) is 20.0 Å². The van der Waals surface area contributed by atoms with Gasteiger partial charge in [0.25, 0.3) is 0 Å². The Morgan fingerprint density at radius 2 is 2.15 bits per heavy atom. The van der Waals surface area contributed by atoms with Crippen LogP contribution < -0.4 is 10.6 Å². The highest BCUT2D eigenvalue weighted by molar-refractivity contribution is 5.31. The summed E-state index contributed by atoms with van der Waals surface area (Å²) in [6, 6.07) is 0.163. The number of rotatable bonds is 3. The molecule has 1 aliphatic carbocycles. The Hall–Kier alpha value is -1.08. The molecular formula is C13H19F3N4. The molecule has 0 saturated heterocycles. The van der Waals surface area contributed by atoms with Crippen LogP contribution >= 0.6 is 0 Å². The van der Waals surface area contributed by atoms with E-state index in [-0.39, 0.29) is 25.4 Å². The number of nitrogens with one attached hydrogen (secondary N) is 2. The van der Waals surface area contributed by atoms with Crippen LogP contribution in [0.25, 0.3) is 0 Å². The number of aromatic nitrogens is 2. The van der Waals surface area contributed by atoms with Crippen LogP contribution in [0.4, 0.5) is 13.2 Å². The first kappa shape index (κ1) is 13.9. The summed E-state index contributed by atoms with van der Waals surface area (Å²) in [4.78, 5) is 0. The maximum absolute atomic E-state index is 12.9. The van der Waals surface area contributed by atoms with E-state index < -0.39 is 11.7 Å². The number of aryl methyl sites for hydroxylation is 1. The van der Waals surface area contributed by atoms with Crippen LogP contribution in [0.15, 0.2) is 0 Å². The van der Waals surface area contributed by atoms with Crippen LogP contribution in [0.2, 0.25) is 0 Å². The van der Waals surface area contributed by atoms with Crippen molar-refractivity contribution in [2.24, 2.45) is 7.05 Å². The van der Waals surface area contributed by atoms with Gasteiger partial charge in [-0.05, 0) is 32.7 Å². The summed E-state index contributed by atoms with van der Waals surface area (Å²) in [6.45, 7) is 3.10. The van der Waals surface area contributed by atoms with Gasteiger partial charge in [-0.1, -0.05) is 0 Å². The van der Waals surface area contributed by atoms with Crippen molar-refractivity contribution < 1.29 is 13.2 Å². The molecule has 1 saturated carbocycles. The van der Waals surface area contributed by atoms with Crippen LogP contribution in [0.3, 0.4) is 0 Å². The van der Waals surface area contributed by atoms with Crippen LogP contribution in [0.1, 0.15) is 42.8 Å². The lowest BCUT2D eigenvalue weighted by Gasteiger charge is -2.22. The molecule has 1 fully saturated rings. The van der Waals surface area contributed by atoms with Crippen molar-refractivity contribution in [1.82, 2.24) is 20.4 Å². The van der Waals surface area contributed by atoms with Crippen molar-refractivity contribution in [3.8, 4) is 0 Å². The van der Waals surface area contributed by atoms with Crippen molar-refractivity contribution in [1.29, 1.82) is 0 Å². The molecule has 2 N–H and O–H groups in total. The van der Waals surface area contributed by atoms with E-state index >= 15 is 0 Å². The summed E-state index contributed by atoms with van der Waals surface area (Å²) >= 11 is 0. The lowest BCUT2D eigenvalue weighted by atomic mass is 10.0. The van der Waals surface area contributed by atoms with Gasteiger partial charge in [0, 0.05) is 25.2 Å². The Bertz CT molecular complexity index is 516. The molecule has 2 heterocycles. The second-order valence-corrected chi connectivity index (χ2v) is 5.79. The maximum Gasteiger partial charge on any atom is 0.406 e. The SMILES string of the molecule is CC1NCCc2c1nn(C)c2CNC1(C(F)(F)F)CC1. The highest BCUT2D eigenvalue weighted by Crippen LogP contribution is 2.49. The number of alkyl halides is 3. The zero-order valence-corrected chi connectivity index (χ0v) is 11.6. The van der Waals surface area contributed by atoms with E-state index in [0.29, 0.717) is 0 Å². The third-order valence-electron chi connectivity index (χ3n) is 4.43. The summed E-state index contributed by atoms with van der Waals surface area (Å²) in [6.07, 6.45) is -2.99. The molecule has 0 spiro atoms. The largest absolute Gasteiger partial charge is 0.406 e. The highest BCUT2D eigenvalue weighted by Gasteiger charge is 2.63. The molecule has 20 heavy (non-hydrogen) atoms. The highest BCUT2D eigenvalue weighted by atomic mass is 19.4. The van der Waals surface area contributed by atoms with Gasteiger partial charge in [-0.3, -0.25) is 10.00 Å². The molecule has 1 aliphatic heterocycles. The minimum absolute atomic E-state index is 0.163. The summed E-state index contributed by atoms with van der Waals surface area (Å²) in [5.74, 6) is 0. The van der Waals surface area contributed by atoms with Crippen molar-refractivity contribution >= 4 is 0 Å². The smallest absolute Gasteiger partial charge is 0.308 e. The number of hydrogen-bond acceptors (Lipinski definition) is 3. The number of hydrogen-bond donors (Lipinski definition) is 2. The number of nitrogens with zero attached hydrogens (tertiary/aromatic N) is 2. The third-order valence-corrected chi connectivity index (χ3v) is 4.43. The van der Waals surface area contributed by atoms with E-state index in [9.17, 15) is 13.2 Å². The van der Waals surface area contributed by atoms with E-state index in [1.807, 2.05) is 6.92 Å². The molecule has 112 valence electrons. The van der Waals surface area contributed by atoms with Gasteiger partial charge in [0.1, 0.15) is 5.54 Å². The van der Waals surface area contributed by atoms with Gasteiger partial charge < -0.3 is 5.32 Å². The standard InChI is InChI=1S/C13H19F3N4/c1-8-11-9(3-6-17-8)10(20(2)19-11)7-18-12(4-5-12)13(14,15)16/h8,17-18H,3-7H2,1-2H3. The van der Waals surface area contributed by atoms with E-state index in [0.717, 1.165) is 29.9 Å². The average Bonchev–Trinajstić information content (AvgIpc) is 3.08. The van der Waals surface area contributed by atoms with Gasteiger partial charge in [0.2, 0.25) is 0 Å². The fraction of sp³-hybridized carbons (Fsp3) is 0.769. The zero-order valence-electron chi connectivity index (χ0n) is 11.6. The van der Waals surface area contributed by atoms with Gasteiger partial charge in [0.05, 0.1) is 11.4 Å². The van der Waals surface area contributed by atoms with Crippen molar-refractivity contribution in [2.75, 3.05) is 6.54 Å². The van der Waals surface area contributed by atoms with Crippen molar-refractivity contribution in [2.45, 2.75) is 50.5 Å². The molecule has 0 amide bonds. The van der Waals surface area contributed by atoms with E-state index in [1.165, 1.54) is 0 Å². The van der Waals surface area contributed by atoms with Gasteiger partial charge in [-0.25, -0.2) is 0 Å². The monoisotopic (exact) mass is 288 g/mol. The molecule has 1 aromatic heterocycles. The van der Waals surface area contributed by atoms with E-state index in [2.05, 4.69) is 15.7 Å². The van der Waals surface area contributed by atoms with Crippen LogP contribution in [0, 0.1) is 0 Å². The minimum atomic E-state index is -4.17. The Balaban J connectivity index is 1.79. The van der Waals surface area contributed by atoms with Crippen LogP contribution in [0.5, 0.6) is 0 Å². The molecule has 3 rings (SSSR count). The fourth-order valence-electron chi connectivity index (χ4n) is 2.92. The van der Waals surface area contributed by atoms with Crippen molar-refractivity contribution in [3.05, 3.63) is 17.0 Å². The Kier molecular flexibility index (Phi) is 3.10. The fourth-order valence-corrected chi connectivity index (χ4v) is 2.92. The minimum Gasteiger partial charge on any atom is -0.308 e. The molecule has 4 nitrogen and oxygen atoms in total. The predicted octanol–water partition coefficient (Wildman–Crippen LogP) is 1.81. The lowest BCUT2D eigenvalue weighted by molar-refractivity contribution is -0.166. The molecule has 0 aromatic carbocycles. The Morgan fingerprint density at radius 3 is 2.75 bits per heavy atom. The van der Waals surface area contributed by atoms with E-state index in [4.69, 9.17) is 0 Å². The third kappa shape index (κ3) is 2.13. The summed E-state index contributed by atoms with van der Waals surface area (Å²) in [5.41, 5.74) is 1.28. The predicted molar refractivity (Wildman–Crippen MR) is 68.2 cm³/mol. The molecule has 7 heteroatoms. The second kappa shape index (κ2) is 4.46. The quantitative estimate of drug-likeness (QED) is 0.891.